The van der Waals surface area contributed by atoms with Crippen molar-refractivity contribution < 1.29 is 4.74 Å². The van der Waals surface area contributed by atoms with Gasteiger partial charge in [-0.2, -0.15) is 4.98 Å². The Bertz CT molecular complexity index is 643. The molecule has 5 nitrogen and oxygen atoms in total. The Labute approximate surface area is 114 Å². The summed E-state index contributed by atoms with van der Waals surface area (Å²) in [7, 11) is 0. The number of ether oxygens (including phenoxy) is 1. The zero-order chi connectivity index (χ0) is 12.9. The molecular weight excluding hydrogens is 260 g/mol. The van der Waals surface area contributed by atoms with Gasteiger partial charge in [0.1, 0.15) is 0 Å². The van der Waals surface area contributed by atoms with Crippen molar-refractivity contribution in [3.05, 3.63) is 54.3 Å². The first kappa shape index (κ1) is 11.6. The second-order valence-electron chi connectivity index (χ2n) is 3.63. The van der Waals surface area contributed by atoms with E-state index in [1.54, 1.807) is 24.0 Å². The van der Waals surface area contributed by atoms with Crippen LogP contribution in [0.4, 0.5) is 11.6 Å². The number of para-hydroxylation sites is 1. The minimum atomic E-state index is 0.484. The largest absolute Gasteiger partial charge is 0.426 e. The van der Waals surface area contributed by atoms with Gasteiger partial charge in [0.05, 0.1) is 11.7 Å². The Morgan fingerprint density at radius 3 is 2.79 bits per heavy atom. The molecule has 0 radical (unpaired) electrons. The van der Waals surface area contributed by atoms with E-state index in [0.29, 0.717) is 16.9 Å². The number of nitrogens with zero attached hydrogens (tertiary/aromatic N) is 3. The van der Waals surface area contributed by atoms with Crippen LogP contribution in [0.5, 0.6) is 10.9 Å². The lowest BCUT2D eigenvalue weighted by molar-refractivity contribution is 0.474. The number of nitrogens with one attached hydrogen (secondary N) is 1. The average Bonchev–Trinajstić information content (AvgIpc) is 2.93. The second kappa shape index (κ2) is 5.45. The molecule has 0 saturated heterocycles. The monoisotopic (exact) mass is 270 g/mol. The smallest absolute Gasteiger partial charge is 0.230 e. The maximum Gasteiger partial charge on any atom is 0.230 e. The van der Waals surface area contributed by atoms with Gasteiger partial charge in [-0.25, -0.2) is 9.97 Å². The quantitative estimate of drug-likeness (QED) is 0.786. The third-order valence-electron chi connectivity index (χ3n) is 2.27. The van der Waals surface area contributed by atoms with Crippen LogP contribution in [0, 0.1) is 0 Å². The molecule has 0 spiro atoms. The van der Waals surface area contributed by atoms with E-state index in [1.165, 1.54) is 11.3 Å². The van der Waals surface area contributed by atoms with Crippen molar-refractivity contribution in [1.29, 1.82) is 0 Å². The molecule has 0 aliphatic carbocycles. The van der Waals surface area contributed by atoms with E-state index < -0.39 is 0 Å². The number of thiazole rings is 1. The van der Waals surface area contributed by atoms with Crippen molar-refractivity contribution in [2.24, 2.45) is 0 Å². The molecule has 6 heteroatoms. The summed E-state index contributed by atoms with van der Waals surface area (Å²) in [4.78, 5) is 12.4. The van der Waals surface area contributed by atoms with E-state index in [9.17, 15) is 0 Å². The van der Waals surface area contributed by atoms with E-state index in [4.69, 9.17) is 4.74 Å². The van der Waals surface area contributed by atoms with Gasteiger partial charge in [-0.1, -0.05) is 29.5 Å². The SMILES string of the molecule is c1ccc(Nc2nccc(Oc3cncs3)n2)cc1. The van der Waals surface area contributed by atoms with E-state index in [-0.39, 0.29) is 0 Å². The first-order valence-corrected chi connectivity index (χ1v) is 6.49. The lowest BCUT2D eigenvalue weighted by atomic mass is 10.3. The molecule has 2 aromatic heterocycles. The zero-order valence-electron chi connectivity index (χ0n) is 9.85. The summed E-state index contributed by atoms with van der Waals surface area (Å²) in [5.74, 6) is 0.978. The number of hydrogen-bond acceptors (Lipinski definition) is 6. The highest BCUT2D eigenvalue weighted by Crippen LogP contribution is 2.23. The van der Waals surface area contributed by atoms with Crippen LogP contribution in [0.3, 0.4) is 0 Å². The van der Waals surface area contributed by atoms with Crippen LogP contribution in [0.25, 0.3) is 0 Å². The number of benzene rings is 1. The number of anilines is 2. The first-order chi connectivity index (χ1) is 9.40. The number of rotatable bonds is 4. The second-order valence-corrected chi connectivity index (χ2v) is 4.48. The van der Waals surface area contributed by atoms with Crippen LogP contribution in [0.2, 0.25) is 0 Å². The number of hydrogen-bond donors (Lipinski definition) is 1. The van der Waals surface area contributed by atoms with Gasteiger partial charge in [-0.3, -0.25) is 0 Å². The van der Waals surface area contributed by atoms with Crippen molar-refractivity contribution in [3.63, 3.8) is 0 Å². The van der Waals surface area contributed by atoms with Gasteiger partial charge in [-0.05, 0) is 12.1 Å². The van der Waals surface area contributed by atoms with Crippen molar-refractivity contribution in [1.82, 2.24) is 15.0 Å². The van der Waals surface area contributed by atoms with Crippen LogP contribution in [-0.2, 0) is 0 Å². The summed E-state index contributed by atoms with van der Waals surface area (Å²) < 4.78 is 5.56. The summed E-state index contributed by atoms with van der Waals surface area (Å²) in [6.45, 7) is 0. The molecule has 0 unspecified atom stereocenters. The van der Waals surface area contributed by atoms with Gasteiger partial charge in [0, 0.05) is 18.0 Å². The van der Waals surface area contributed by atoms with E-state index >= 15 is 0 Å². The standard InChI is InChI=1S/C13H10N4OS/c1-2-4-10(5-3-1)16-13-15-7-6-11(17-13)18-12-8-14-9-19-12/h1-9H,(H,15,16,17). The molecule has 2 heterocycles. The predicted molar refractivity (Wildman–Crippen MR) is 73.9 cm³/mol. The van der Waals surface area contributed by atoms with Gasteiger partial charge in [0.25, 0.3) is 0 Å². The summed E-state index contributed by atoms with van der Waals surface area (Å²) in [6.07, 6.45) is 3.30. The molecule has 1 N–H and O–H groups in total. The van der Waals surface area contributed by atoms with Gasteiger partial charge in [0.15, 0.2) is 0 Å². The van der Waals surface area contributed by atoms with Crippen LogP contribution in [0.1, 0.15) is 0 Å². The summed E-state index contributed by atoms with van der Waals surface area (Å²) in [6, 6.07) is 11.4. The molecule has 0 bridgehead atoms. The lowest BCUT2D eigenvalue weighted by Gasteiger charge is -2.06. The molecule has 3 aromatic rings. The third kappa shape index (κ3) is 3.05. The van der Waals surface area contributed by atoms with Crippen molar-refractivity contribution in [2.45, 2.75) is 0 Å². The molecule has 0 amide bonds. The summed E-state index contributed by atoms with van der Waals surface area (Å²) >= 11 is 1.41. The molecule has 1 aromatic carbocycles. The predicted octanol–water partition coefficient (Wildman–Crippen LogP) is 3.47. The van der Waals surface area contributed by atoms with E-state index in [0.717, 1.165) is 5.69 Å². The fraction of sp³-hybridized carbons (Fsp3) is 0. The van der Waals surface area contributed by atoms with Crippen LogP contribution < -0.4 is 10.1 Å². The minimum absolute atomic E-state index is 0.484. The third-order valence-corrected chi connectivity index (χ3v) is 2.92. The zero-order valence-corrected chi connectivity index (χ0v) is 10.7. The van der Waals surface area contributed by atoms with Crippen molar-refractivity contribution in [3.8, 4) is 10.9 Å². The van der Waals surface area contributed by atoms with Crippen LogP contribution >= 0.6 is 11.3 Å². The topological polar surface area (TPSA) is 59.9 Å². The van der Waals surface area contributed by atoms with E-state index in [2.05, 4.69) is 20.3 Å². The van der Waals surface area contributed by atoms with Crippen molar-refractivity contribution >= 4 is 23.0 Å². The molecule has 0 fully saturated rings. The van der Waals surface area contributed by atoms with Crippen LogP contribution in [-0.4, -0.2) is 15.0 Å². The van der Waals surface area contributed by atoms with Gasteiger partial charge in [-0.15, -0.1) is 0 Å². The fourth-order valence-corrected chi connectivity index (χ4v) is 1.95. The Morgan fingerprint density at radius 2 is 2.00 bits per heavy atom. The van der Waals surface area contributed by atoms with Crippen molar-refractivity contribution in [2.75, 3.05) is 5.32 Å². The summed E-state index contributed by atoms with van der Waals surface area (Å²) in [5, 5.41) is 3.81. The molecule has 19 heavy (non-hydrogen) atoms. The molecule has 94 valence electrons. The maximum absolute atomic E-state index is 5.56. The van der Waals surface area contributed by atoms with Gasteiger partial charge >= 0.3 is 0 Å². The highest BCUT2D eigenvalue weighted by atomic mass is 32.1. The van der Waals surface area contributed by atoms with Crippen LogP contribution in [0.15, 0.2) is 54.3 Å². The summed E-state index contributed by atoms with van der Waals surface area (Å²) in [5.41, 5.74) is 2.64. The Balaban J connectivity index is 1.76. The highest BCUT2D eigenvalue weighted by Gasteiger charge is 2.03. The Morgan fingerprint density at radius 1 is 1.11 bits per heavy atom. The Hall–Kier alpha value is -2.47. The molecule has 3 rings (SSSR count). The molecule has 0 saturated carbocycles. The van der Waals surface area contributed by atoms with Gasteiger partial charge < -0.3 is 10.1 Å². The fourth-order valence-electron chi connectivity index (χ4n) is 1.47. The van der Waals surface area contributed by atoms with E-state index in [1.807, 2.05) is 30.3 Å². The molecule has 0 atom stereocenters. The highest BCUT2D eigenvalue weighted by molar-refractivity contribution is 7.11. The first-order valence-electron chi connectivity index (χ1n) is 5.61. The molecular formula is C13H10N4OS. The Kier molecular flexibility index (Phi) is 3.33. The normalized spacial score (nSPS) is 10.1. The molecule has 0 aliphatic rings. The average molecular weight is 270 g/mol. The minimum Gasteiger partial charge on any atom is -0.426 e. The lowest BCUT2D eigenvalue weighted by Crippen LogP contribution is -1.97. The molecule has 0 aliphatic heterocycles. The maximum atomic E-state index is 5.56. The number of aromatic nitrogens is 3. The van der Waals surface area contributed by atoms with Gasteiger partial charge in [0.2, 0.25) is 16.9 Å².